The lowest BCUT2D eigenvalue weighted by Gasteiger charge is -2.23. The minimum Gasteiger partial charge on any atom is -0.454 e. The molecule has 2 aromatic rings. The van der Waals surface area contributed by atoms with Crippen LogP contribution >= 0.6 is 0 Å². The Morgan fingerprint density at radius 3 is 1.64 bits per heavy atom. The van der Waals surface area contributed by atoms with Gasteiger partial charge in [0, 0.05) is 0 Å². The lowest BCUT2D eigenvalue weighted by Crippen LogP contribution is -2.34. The molecule has 7 heteroatoms. The van der Waals surface area contributed by atoms with Crippen LogP contribution in [0.2, 0.25) is 13.1 Å². The molecule has 0 fully saturated rings. The van der Waals surface area contributed by atoms with Gasteiger partial charge in [0.2, 0.25) is 13.6 Å². The highest BCUT2D eigenvalue weighted by Gasteiger charge is 2.25. The molecule has 0 radical (unpaired) electrons. The molecule has 0 saturated heterocycles. The summed E-state index contributed by atoms with van der Waals surface area (Å²) in [6.07, 6.45) is 0. The summed E-state index contributed by atoms with van der Waals surface area (Å²) in [4.78, 5) is 0. The van der Waals surface area contributed by atoms with Crippen LogP contribution in [0.3, 0.4) is 0 Å². The van der Waals surface area contributed by atoms with Crippen LogP contribution < -0.4 is 18.9 Å². The van der Waals surface area contributed by atoms with Crippen molar-refractivity contribution in [2.24, 2.45) is 0 Å². The lowest BCUT2D eigenvalue weighted by atomic mass is 10.2. The van der Waals surface area contributed by atoms with Gasteiger partial charge in [-0.2, -0.15) is 0 Å². The molecule has 6 nitrogen and oxygen atoms in total. The fourth-order valence-corrected chi connectivity index (χ4v) is 3.73. The zero-order valence-corrected chi connectivity index (χ0v) is 15.2. The minimum absolute atomic E-state index is 0.276. The van der Waals surface area contributed by atoms with E-state index in [1.807, 2.05) is 49.5 Å². The van der Waals surface area contributed by atoms with Crippen LogP contribution in [0.4, 0.5) is 0 Å². The molecule has 2 heterocycles. The quantitative estimate of drug-likeness (QED) is 0.734. The molecule has 0 N–H and O–H groups in total. The molecule has 0 unspecified atom stereocenters. The maximum absolute atomic E-state index is 6.05. The van der Waals surface area contributed by atoms with Crippen molar-refractivity contribution in [3.8, 4) is 23.0 Å². The van der Waals surface area contributed by atoms with Gasteiger partial charge >= 0.3 is 8.56 Å². The van der Waals surface area contributed by atoms with E-state index in [1.54, 1.807) is 0 Å². The van der Waals surface area contributed by atoms with Crippen LogP contribution in [0.1, 0.15) is 11.1 Å². The standard InChI is InChI=1S/C18H20O6Si/c1-25(2,23-9-13-3-5-15-17(7-13)21-11-19-15)24-10-14-4-6-16-18(8-14)22-12-20-16/h3-8H,9-12H2,1-2H3. The Labute approximate surface area is 147 Å². The molecular formula is C18H20O6Si. The summed E-state index contributed by atoms with van der Waals surface area (Å²) in [6.45, 7) is 5.59. The molecule has 2 aliphatic rings. The first-order valence-corrected chi connectivity index (χ1v) is 11.0. The smallest absolute Gasteiger partial charge is 0.332 e. The van der Waals surface area contributed by atoms with Crippen molar-refractivity contribution in [1.29, 1.82) is 0 Å². The third kappa shape index (κ3) is 3.73. The normalized spacial score (nSPS) is 14.8. The summed E-state index contributed by atoms with van der Waals surface area (Å²) in [6, 6.07) is 11.7. The third-order valence-corrected chi connectivity index (χ3v) is 5.73. The van der Waals surface area contributed by atoms with Gasteiger partial charge in [0.05, 0.1) is 13.2 Å². The van der Waals surface area contributed by atoms with E-state index in [-0.39, 0.29) is 13.6 Å². The molecule has 0 aromatic heterocycles. The zero-order valence-electron chi connectivity index (χ0n) is 14.2. The summed E-state index contributed by atoms with van der Waals surface area (Å²) in [5.74, 6) is 3.09. The van der Waals surface area contributed by atoms with Crippen molar-refractivity contribution in [2.75, 3.05) is 13.6 Å². The molecule has 0 atom stereocenters. The van der Waals surface area contributed by atoms with E-state index in [1.165, 1.54) is 0 Å². The Kier molecular flexibility index (Phi) is 4.28. The van der Waals surface area contributed by atoms with E-state index in [9.17, 15) is 0 Å². The van der Waals surface area contributed by atoms with Gasteiger partial charge in [0.15, 0.2) is 23.0 Å². The van der Waals surface area contributed by atoms with Gasteiger partial charge in [-0.25, -0.2) is 0 Å². The molecule has 132 valence electrons. The molecule has 4 rings (SSSR count). The van der Waals surface area contributed by atoms with E-state index in [0.29, 0.717) is 13.2 Å². The minimum atomic E-state index is -2.26. The first-order chi connectivity index (χ1) is 12.1. The first kappa shape index (κ1) is 16.3. The Hall–Kier alpha value is -2.22. The predicted octanol–water partition coefficient (Wildman–Crippen LogP) is 3.58. The van der Waals surface area contributed by atoms with Crippen LogP contribution in [-0.4, -0.2) is 22.1 Å². The van der Waals surface area contributed by atoms with E-state index in [0.717, 1.165) is 34.1 Å². The number of ether oxygens (including phenoxy) is 4. The van der Waals surface area contributed by atoms with Crippen molar-refractivity contribution in [3.63, 3.8) is 0 Å². The fraction of sp³-hybridized carbons (Fsp3) is 0.333. The first-order valence-electron chi connectivity index (χ1n) is 8.14. The maximum Gasteiger partial charge on any atom is 0.332 e. The van der Waals surface area contributed by atoms with Crippen LogP contribution in [0.25, 0.3) is 0 Å². The Morgan fingerprint density at radius 1 is 0.720 bits per heavy atom. The summed E-state index contributed by atoms with van der Waals surface area (Å²) in [7, 11) is -2.26. The number of hydrogen-bond acceptors (Lipinski definition) is 6. The summed E-state index contributed by atoms with van der Waals surface area (Å²) < 4.78 is 33.5. The second kappa shape index (κ2) is 6.59. The van der Waals surface area contributed by atoms with Gasteiger partial charge in [0.1, 0.15) is 0 Å². The van der Waals surface area contributed by atoms with Crippen LogP contribution in [0, 0.1) is 0 Å². The molecular weight excluding hydrogens is 340 g/mol. The van der Waals surface area contributed by atoms with Gasteiger partial charge in [-0.3, -0.25) is 0 Å². The molecule has 25 heavy (non-hydrogen) atoms. The Balaban J connectivity index is 1.32. The zero-order chi connectivity index (χ0) is 17.3. The van der Waals surface area contributed by atoms with Crippen LogP contribution in [0.15, 0.2) is 36.4 Å². The number of rotatable bonds is 6. The molecule has 0 aliphatic carbocycles. The second-order valence-electron chi connectivity index (χ2n) is 6.35. The number of hydrogen-bond donors (Lipinski definition) is 0. The maximum atomic E-state index is 6.05. The van der Waals surface area contributed by atoms with Crippen molar-refractivity contribution < 1.29 is 27.8 Å². The average molecular weight is 360 g/mol. The van der Waals surface area contributed by atoms with Gasteiger partial charge < -0.3 is 27.8 Å². The number of benzene rings is 2. The second-order valence-corrected chi connectivity index (χ2v) is 9.73. The summed E-state index contributed by atoms with van der Waals surface area (Å²) in [5.41, 5.74) is 2.08. The highest BCUT2D eigenvalue weighted by atomic mass is 28.4. The van der Waals surface area contributed by atoms with Gasteiger partial charge in [-0.05, 0) is 48.5 Å². The average Bonchev–Trinajstić information content (AvgIpc) is 3.26. The van der Waals surface area contributed by atoms with Crippen LogP contribution in [0.5, 0.6) is 23.0 Å². The van der Waals surface area contributed by atoms with Gasteiger partial charge in [-0.1, -0.05) is 12.1 Å². The summed E-state index contributed by atoms with van der Waals surface area (Å²) in [5, 5.41) is 0. The van der Waals surface area contributed by atoms with E-state index < -0.39 is 8.56 Å². The molecule has 0 spiro atoms. The Morgan fingerprint density at radius 2 is 1.16 bits per heavy atom. The predicted molar refractivity (Wildman–Crippen MR) is 92.2 cm³/mol. The van der Waals surface area contributed by atoms with E-state index in [2.05, 4.69) is 0 Å². The molecule has 2 aliphatic heterocycles. The van der Waals surface area contributed by atoms with E-state index >= 15 is 0 Å². The van der Waals surface area contributed by atoms with E-state index in [4.69, 9.17) is 27.8 Å². The van der Waals surface area contributed by atoms with Gasteiger partial charge in [0.25, 0.3) is 0 Å². The summed E-state index contributed by atoms with van der Waals surface area (Å²) >= 11 is 0. The number of fused-ring (bicyclic) bond motifs is 2. The van der Waals surface area contributed by atoms with Crippen molar-refractivity contribution >= 4 is 8.56 Å². The third-order valence-electron chi connectivity index (χ3n) is 4.05. The molecule has 0 amide bonds. The monoisotopic (exact) mass is 360 g/mol. The Bertz CT molecular complexity index is 713. The van der Waals surface area contributed by atoms with Crippen molar-refractivity contribution in [1.82, 2.24) is 0 Å². The van der Waals surface area contributed by atoms with Crippen molar-refractivity contribution in [2.45, 2.75) is 26.3 Å². The molecule has 0 saturated carbocycles. The largest absolute Gasteiger partial charge is 0.454 e. The molecule has 0 bridgehead atoms. The highest BCUT2D eigenvalue weighted by molar-refractivity contribution is 6.64. The van der Waals surface area contributed by atoms with Crippen molar-refractivity contribution in [3.05, 3.63) is 47.5 Å². The lowest BCUT2D eigenvalue weighted by molar-refractivity contribution is 0.163. The van der Waals surface area contributed by atoms with Gasteiger partial charge in [-0.15, -0.1) is 0 Å². The highest BCUT2D eigenvalue weighted by Crippen LogP contribution is 2.34. The van der Waals surface area contributed by atoms with Crippen LogP contribution in [-0.2, 0) is 22.1 Å². The topological polar surface area (TPSA) is 55.4 Å². The SMILES string of the molecule is C[Si](C)(OCc1ccc2c(c1)OCO2)OCc1ccc2c(c1)OCO2. The fourth-order valence-electron chi connectivity index (χ4n) is 2.62. The molecule has 2 aromatic carbocycles.